The zero-order valence-electron chi connectivity index (χ0n) is 12.9. The highest BCUT2D eigenvalue weighted by atomic mass is 16.5. The summed E-state index contributed by atoms with van der Waals surface area (Å²) in [5, 5.41) is 5.99. The Hall–Kier alpha value is -1.77. The number of nitrogens with one attached hydrogen (secondary N) is 1. The molecule has 2 aromatic rings. The van der Waals surface area contributed by atoms with Crippen molar-refractivity contribution in [2.24, 2.45) is 5.92 Å². The fraction of sp³-hybridized carbons (Fsp3) is 0.500. The summed E-state index contributed by atoms with van der Waals surface area (Å²) in [5.74, 6) is 2.67. The first-order chi connectivity index (χ1) is 10.3. The summed E-state index contributed by atoms with van der Waals surface area (Å²) in [7, 11) is 1.72. The van der Waals surface area contributed by atoms with E-state index >= 15 is 0 Å². The lowest BCUT2D eigenvalue weighted by molar-refractivity contribution is 0.317. The highest BCUT2D eigenvalue weighted by Gasteiger charge is 2.24. The third kappa shape index (κ3) is 2.82. The molecular weight excluding hydrogens is 260 g/mol. The van der Waals surface area contributed by atoms with Gasteiger partial charge in [-0.05, 0) is 30.9 Å². The number of hydrogen-bond donors (Lipinski definition) is 1. The minimum Gasteiger partial charge on any atom is -0.496 e. The van der Waals surface area contributed by atoms with Gasteiger partial charge in [0.15, 0.2) is 0 Å². The Balaban J connectivity index is 1.93. The van der Waals surface area contributed by atoms with Crippen molar-refractivity contribution in [3.8, 4) is 5.75 Å². The van der Waals surface area contributed by atoms with Gasteiger partial charge in [0.1, 0.15) is 11.6 Å². The molecule has 3 rings (SSSR count). The van der Waals surface area contributed by atoms with Crippen molar-refractivity contribution in [1.82, 2.24) is 4.98 Å². The zero-order valence-corrected chi connectivity index (χ0v) is 12.9. The maximum atomic E-state index is 5.46. The lowest BCUT2D eigenvalue weighted by Gasteiger charge is -2.32. The van der Waals surface area contributed by atoms with Gasteiger partial charge >= 0.3 is 0 Å². The van der Waals surface area contributed by atoms with E-state index in [4.69, 9.17) is 4.74 Å². The standard InChI is InChI=1S/C18H24N2O/c1-3-13-7-4-5-9-16(13)20-18-15-8-6-10-17(21-2)14(15)11-12-19-18/h6,8,10-13,16H,3-5,7,9H2,1-2H3,(H,19,20). The molecule has 1 heterocycles. The molecule has 1 saturated carbocycles. The third-order valence-electron chi connectivity index (χ3n) is 4.74. The molecular formula is C18H24N2O. The van der Waals surface area contributed by atoms with E-state index < -0.39 is 0 Å². The second kappa shape index (κ2) is 6.33. The molecule has 21 heavy (non-hydrogen) atoms. The minimum absolute atomic E-state index is 0.549. The Morgan fingerprint density at radius 2 is 2.05 bits per heavy atom. The van der Waals surface area contributed by atoms with Gasteiger partial charge < -0.3 is 10.1 Å². The minimum atomic E-state index is 0.549. The Labute approximate surface area is 126 Å². The summed E-state index contributed by atoms with van der Waals surface area (Å²) in [5.41, 5.74) is 0. The van der Waals surface area contributed by atoms with E-state index in [0.717, 1.165) is 28.3 Å². The normalized spacial score (nSPS) is 22.2. The number of hydrogen-bond acceptors (Lipinski definition) is 3. The lowest BCUT2D eigenvalue weighted by atomic mass is 9.83. The van der Waals surface area contributed by atoms with Crippen molar-refractivity contribution in [3.63, 3.8) is 0 Å². The summed E-state index contributed by atoms with van der Waals surface area (Å²) < 4.78 is 5.46. The molecule has 112 valence electrons. The molecule has 0 spiro atoms. The first-order valence-corrected chi connectivity index (χ1v) is 8.01. The third-order valence-corrected chi connectivity index (χ3v) is 4.74. The number of benzene rings is 1. The second-order valence-corrected chi connectivity index (χ2v) is 5.92. The number of aromatic nitrogens is 1. The molecule has 1 aromatic heterocycles. The van der Waals surface area contributed by atoms with Crippen LogP contribution in [0.3, 0.4) is 0 Å². The molecule has 0 saturated heterocycles. The largest absolute Gasteiger partial charge is 0.496 e. The monoisotopic (exact) mass is 284 g/mol. The smallest absolute Gasteiger partial charge is 0.134 e. The summed E-state index contributed by atoms with van der Waals surface area (Å²) in [4.78, 5) is 4.58. The van der Waals surface area contributed by atoms with Crippen LogP contribution in [0.15, 0.2) is 30.5 Å². The van der Waals surface area contributed by atoms with Gasteiger partial charge in [0.05, 0.1) is 7.11 Å². The van der Waals surface area contributed by atoms with Crippen molar-refractivity contribution >= 4 is 16.6 Å². The molecule has 0 radical (unpaired) electrons. The highest BCUT2D eigenvalue weighted by Crippen LogP contribution is 2.33. The molecule has 3 nitrogen and oxygen atoms in total. The van der Waals surface area contributed by atoms with E-state index in [1.807, 2.05) is 24.4 Å². The van der Waals surface area contributed by atoms with Crippen LogP contribution in [0, 0.1) is 5.92 Å². The number of ether oxygens (including phenoxy) is 1. The lowest BCUT2D eigenvalue weighted by Crippen LogP contribution is -2.32. The Kier molecular flexibility index (Phi) is 4.28. The van der Waals surface area contributed by atoms with Crippen LogP contribution in [-0.2, 0) is 0 Å². The van der Waals surface area contributed by atoms with Gasteiger partial charge in [-0.2, -0.15) is 0 Å². The molecule has 2 unspecified atom stereocenters. The van der Waals surface area contributed by atoms with Crippen LogP contribution >= 0.6 is 0 Å². The predicted octanol–water partition coefficient (Wildman–Crippen LogP) is 4.62. The predicted molar refractivity (Wildman–Crippen MR) is 88.0 cm³/mol. The fourth-order valence-corrected chi connectivity index (χ4v) is 3.53. The van der Waals surface area contributed by atoms with Crippen molar-refractivity contribution in [2.45, 2.75) is 45.1 Å². The second-order valence-electron chi connectivity index (χ2n) is 5.92. The summed E-state index contributed by atoms with van der Waals surface area (Å²) in [6.45, 7) is 2.30. The van der Waals surface area contributed by atoms with Crippen LogP contribution in [0.5, 0.6) is 5.75 Å². The average Bonchev–Trinajstić information content (AvgIpc) is 2.55. The van der Waals surface area contributed by atoms with E-state index in [2.05, 4.69) is 23.3 Å². The Morgan fingerprint density at radius 1 is 1.19 bits per heavy atom. The van der Waals surface area contributed by atoms with E-state index in [1.165, 1.54) is 32.1 Å². The van der Waals surface area contributed by atoms with Crippen LogP contribution < -0.4 is 10.1 Å². The highest BCUT2D eigenvalue weighted by molar-refractivity contribution is 5.95. The van der Waals surface area contributed by atoms with Gasteiger partial charge in [-0.3, -0.25) is 0 Å². The van der Waals surface area contributed by atoms with Gasteiger partial charge in [-0.1, -0.05) is 38.3 Å². The Bertz CT molecular complexity index is 611. The first kappa shape index (κ1) is 14.2. The van der Waals surface area contributed by atoms with E-state index in [9.17, 15) is 0 Å². The van der Waals surface area contributed by atoms with E-state index in [1.54, 1.807) is 7.11 Å². The molecule has 3 heteroatoms. The summed E-state index contributed by atoms with van der Waals surface area (Å²) in [6, 6.07) is 8.73. The van der Waals surface area contributed by atoms with Crippen LogP contribution in [0.4, 0.5) is 5.82 Å². The SMILES string of the molecule is CCC1CCCCC1Nc1nccc2c(OC)cccc12. The molecule has 1 aliphatic rings. The number of anilines is 1. The van der Waals surface area contributed by atoms with Crippen LogP contribution in [0.25, 0.3) is 10.8 Å². The van der Waals surface area contributed by atoms with Crippen LogP contribution in [0.1, 0.15) is 39.0 Å². The topological polar surface area (TPSA) is 34.2 Å². The Morgan fingerprint density at radius 3 is 2.86 bits per heavy atom. The van der Waals surface area contributed by atoms with Gasteiger partial charge in [0.25, 0.3) is 0 Å². The van der Waals surface area contributed by atoms with E-state index in [0.29, 0.717) is 6.04 Å². The molecule has 1 aliphatic carbocycles. The molecule has 1 N–H and O–H groups in total. The van der Waals surface area contributed by atoms with Gasteiger partial charge in [0.2, 0.25) is 0 Å². The fourth-order valence-electron chi connectivity index (χ4n) is 3.53. The van der Waals surface area contributed by atoms with Gasteiger partial charge in [-0.15, -0.1) is 0 Å². The summed E-state index contributed by atoms with van der Waals surface area (Å²) >= 11 is 0. The number of methoxy groups -OCH3 is 1. The van der Waals surface area contributed by atoms with E-state index in [-0.39, 0.29) is 0 Å². The summed E-state index contributed by atoms with van der Waals surface area (Å²) in [6.07, 6.45) is 8.39. The van der Waals surface area contributed by atoms with Gasteiger partial charge in [0, 0.05) is 23.0 Å². The molecule has 1 aromatic carbocycles. The first-order valence-electron chi connectivity index (χ1n) is 8.01. The zero-order chi connectivity index (χ0) is 14.7. The number of pyridine rings is 1. The maximum absolute atomic E-state index is 5.46. The van der Waals surface area contributed by atoms with Crippen LogP contribution in [0.2, 0.25) is 0 Å². The average molecular weight is 284 g/mol. The van der Waals surface area contributed by atoms with Crippen molar-refractivity contribution < 1.29 is 4.74 Å². The number of nitrogens with zero attached hydrogens (tertiary/aromatic N) is 1. The number of rotatable bonds is 4. The molecule has 2 atom stereocenters. The number of fused-ring (bicyclic) bond motifs is 1. The van der Waals surface area contributed by atoms with Crippen molar-refractivity contribution in [3.05, 3.63) is 30.5 Å². The van der Waals surface area contributed by atoms with Crippen molar-refractivity contribution in [1.29, 1.82) is 0 Å². The van der Waals surface area contributed by atoms with Crippen LogP contribution in [-0.4, -0.2) is 18.1 Å². The maximum Gasteiger partial charge on any atom is 0.134 e. The quantitative estimate of drug-likeness (QED) is 0.889. The molecule has 0 amide bonds. The van der Waals surface area contributed by atoms with Crippen molar-refractivity contribution in [2.75, 3.05) is 12.4 Å². The molecule has 0 bridgehead atoms. The molecule has 1 fully saturated rings. The van der Waals surface area contributed by atoms with Gasteiger partial charge in [-0.25, -0.2) is 4.98 Å². The molecule has 0 aliphatic heterocycles.